The highest BCUT2D eigenvalue weighted by Gasteiger charge is 2.26. The summed E-state index contributed by atoms with van der Waals surface area (Å²) in [5.41, 5.74) is 1.03. The number of morpholine rings is 1. The number of hydrogen-bond acceptors (Lipinski definition) is 4. The highest BCUT2D eigenvalue weighted by atomic mass is 19.1. The molecule has 0 radical (unpaired) electrons. The lowest BCUT2D eigenvalue weighted by molar-refractivity contribution is 0.0547. The van der Waals surface area contributed by atoms with Gasteiger partial charge in [0.05, 0.1) is 38.1 Å². The van der Waals surface area contributed by atoms with Gasteiger partial charge in [0.2, 0.25) is 0 Å². The number of esters is 1. The molecular formula is C20H20F2N2O4. The second-order valence-electron chi connectivity index (χ2n) is 6.25. The maximum absolute atomic E-state index is 14.4. The zero-order chi connectivity index (χ0) is 20.1. The summed E-state index contributed by atoms with van der Waals surface area (Å²) in [6.45, 7) is 1.64. The maximum Gasteiger partial charge on any atom is 0.337 e. The topological polar surface area (TPSA) is 59.1 Å². The third-order valence-electron chi connectivity index (χ3n) is 4.43. The third kappa shape index (κ3) is 4.45. The lowest BCUT2D eigenvalue weighted by Crippen LogP contribution is -2.48. The Morgan fingerprint density at radius 3 is 2.39 bits per heavy atom. The first-order chi connectivity index (χ1) is 13.5. The molecule has 8 heteroatoms. The zero-order valence-electron chi connectivity index (χ0n) is 15.4. The van der Waals surface area contributed by atoms with E-state index < -0.39 is 23.6 Å². The number of benzene rings is 2. The Labute approximate surface area is 161 Å². The summed E-state index contributed by atoms with van der Waals surface area (Å²) in [4.78, 5) is 27.4. The first-order valence-corrected chi connectivity index (χ1v) is 8.76. The van der Waals surface area contributed by atoms with E-state index in [2.05, 4.69) is 4.74 Å². The van der Waals surface area contributed by atoms with Crippen LogP contribution >= 0.6 is 0 Å². The molecule has 1 saturated heterocycles. The Morgan fingerprint density at radius 1 is 1.11 bits per heavy atom. The second kappa shape index (κ2) is 8.79. The molecule has 3 rings (SSSR count). The fraction of sp³-hybridized carbons (Fsp3) is 0.300. The Kier molecular flexibility index (Phi) is 6.20. The van der Waals surface area contributed by atoms with Crippen LogP contribution in [-0.2, 0) is 16.0 Å². The highest BCUT2D eigenvalue weighted by Crippen LogP contribution is 2.24. The van der Waals surface area contributed by atoms with Crippen molar-refractivity contribution in [3.8, 4) is 0 Å². The first kappa shape index (κ1) is 19.8. The Bertz CT molecular complexity index is 852. The van der Waals surface area contributed by atoms with Crippen molar-refractivity contribution in [2.24, 2.45) is 0 Å². The molecule has 148 valence electrons. The largest absolute Gasteiger partial charge is 0.465 e. The lowest BCUT2D eigenvalue weighted by Gasteiger charge is -2.33. The van der Waals surface area contributed by atoms with Crippen LogP contribution in [0.25, 0.3) is 0 Å². The molecule has 1 aliphatic heterocycles. The van der Waals surface area contributed by atoms with E-state index in [1.54, 1.807) is 29.2 Å². The Hall–Kier alpha value is -3.00. The number of hydrogen-bond donors (Lipinski definition) is 0. The predicted octanol–water partition coefficient (Wildman–Crippen LogP) is 3.21. The maximum atomic E-state index is 14.4. The van der Waals surface area contributed by atoms with Gasteiger partial charge >= 0.3 is 12.0 Å². The van der Waals surface area contributed by atoms with Crippen LogP contribution in [-0.4, -0.2) is 50.3 Å². The number of rotatable bonds is 4. The van der Waals surface area contributed by atoms with Crippen LogP contribution in [0.3, 0.4) is 0 Å². The molecule has 0 N–H and O–H groups in total. The number of ether oxygens (including phenoxy) is 2. The smallest absolute Gasteiger partial charge is 0.337 e. The van der Waals surface area contributed by atoms with E-state index in [9.17, 15) is 18.4 Å². The molecule has 1 fully saturated rings. The Balaban J connectivity index is 1.89. The van der Waals surface area contributed by atoms with E-state index >= 15 is 0 Å². The Morgan fingerprint density at radius 2 is 1.79 bits per heavy atom. The zero-order valence-corrected chi connectivity index (χ0v) is 15.4. The molecule has 6 nitrogen and oxygen atoms in total. The monoisotopic (exact) mass is 390 g/mol. The number of anilines is 1. The quantitative estimate of drug-likeness (QED) is 0.753. The van der Waals surface area contributed by atoms with Gasteiger partial charge in [0.15, 0.2) is 0 Å². The average molecular weight is 390 g/mol. The number of halogens is 2. The molecule has 28 heavy (non-hydrogen) atoms. The summed E-state index contributed by atoms with van der Waals surface area (Å²) in [6.07, 6.45) is 0. The normalized spacial score (nSPS) is 13.9. The van der Waals surface area contributed by atoms with Crippen LogP contribution in [0.2, 0.25) is 0 Å². The van der Waals surface area contributed by atoms with Crippen molar-refractivity contribution in [1.29, 1.82) is 0 Å². The number of carbonyl (C=O) groups is 2. The van der Waals surface area contributed by atoms with Crippen LogP contribution in [0.5, 0.6) is 0 Å². The van der Waals surface area contributed by atoms with Crippen LogP contribution in [0.15, 0.2) is 42.5 Å². The van der Waals surface area contributed by atoms with Gasteiger partial charge in [-0.25, -0.2) is 18.4 Å². The first-order valence-electron chi connectivity index (χ1n) is 8.76. The summed E-state index contributed by atoms with van der Waals surface area (Å²) >= 11 is 0. The van der Waals surface area contributed by atoms with Crippen molar-refractivity contribution < 1.29 is 27.8 Å². The van der Waals surface area contributed by atoms with E-state index in [1.165, 1.54) is 18.1 Å². The van der Waals surface area contributed by atoms with E-state index in [0.29, 0.717) is 37.4 Å². The van der Waals surface area contributed by atoms with Gasteiger partial charge in [-0.3, -0.25) is 4.90 Å². The summed E-state index contributed by atoms with van der Waals surface area (Å²) in [6, 6.07) is 9.16. The van der Waals surface area contributed by atoms with Crippen molar-refractivity contribution in [1.82, 2.24) is 4.90 Å². The molecule has 0 atom stereocenters. The molecule has 0 aliphatic carbocycles. The number of nitrogens with zero attached hydrogens (tertiary/aromatic N) is 2. The molecule has 2 aromatic rings. The average Bonchev–Trinajstić information content (AvgIpc) is 2.72. The van der Waals surface area contributed by atoms with Gasteiger partial charge in [0.25, 0.3) is 0 Å². The lowest BCUT2D eigenvalue weighted by atomic mass is 10.1. The number of carbonyl (C=O) groups excluding carboxylic acids is 2. The van der Waals surface area contributed by atoms with Crippen LogP contribution in [0, 0.1) is 11.6 Å². The minimum absolute atomic E-state index is 0.0186. The van der Waals surface area contributed by atoms with Gasteiger partial charge in [-0.1, -0.05) is 12.1 Å². The summed E-state index contributed by atoms with van der Waals surface area (Å²) in [5.74, 6) is -2.02. The molecule has 0 bridgehead atoms. The van der Waals surface area contributed by atoms with Crippen molar-refractivity contribution in [3.63, 3.8) is 0 Å². The summed E-state index contributed by atoms with van der Waals surface area (Å²) < 4.78 is 37.7. The molecule has 0 saturated carbocycles. The number of urea groups is 1. The fourth-order valence-corrected chi connectivity index (χ4v) is 2.93. The number of methoxy groups -OCH3 is 1. The summed E-state index contributed by atoms with van der Waals surface area (Å²) in [7, 11) is 1.29. The van der Waals surface area contributed by atoms with Gasteiger partial charge in [0.1, 0.15) is 11.6 Å². The van der Waals surface area contributed by atoms with Gasteiger partial charge in [0, 0.05) is 19.2 Å². The van der Waals surface area contributed by atoms with Gasteiger partial charge < -0.3 is 14.4 Å². The minimum Gasteiger partial charge on any atom is -0.465 e. The predicted molar refractivity (Wildman–Crippen MR) is 98.1 cm³/mol. The van der Waals surface area contributed by atoms with Crippen molar-refractivity contribution in [2.75, 3.05) is 38.3 Å². The second-order valence-corrected chi connectivity index (χ2v) is 6.25. The molecule has 0 unspecified atom stereocenters. The third-order valence-corrected chi connectivity index (χ3v) is 4.43. The van der Waals surface area contributed by atoms with E-state index in [-0.39, 0.29) is 12.2 Å². The summed E-state index contributed by atoms with van der Waals surface area (Å²) in [5, 5.41) is 0. The number of amides is 2. The van der Waals surface area contributed by atoms with Gasteiger partial charge in [-0.05, 0) is 29.8 Å². The van der Waals surface area contributed by atoms with E-state index in [0.717, 1.165) is 12.1 Å². The highest BCUT2D eigenvalue weighted by molar-refractivity contribution is 5.92. The molecule has 1 heterocycles. The van der Waals surface area contributed by atoms with Crippen LogP contribution in [0.1, 0.15) is 15.9 Å². The molecule has 0 spiro atoms. The van der Waals surface area contributed by atoms with E-state index in [1.807, 2.05) is 0 Å². The van der Waals surface area contributed by atoms with Crippen molar-refractivity contribution >= 4 is 17.7 Å². The molecule has 2 amide bonds. The molecule has 2 aromatic carbocycles. The van der Waals surface area contributed by atoms with Gasteiger partial charge in [-0.15, -0.1) is 0 Å². The van der Waals surface area contributed by atoms with Crippen molar-refractivity contribution in [3.05, 3.63) is 65.2 Å². The van der Waals surface area contributed by atoms with Crippen molar-refractivity contribution in [2.45, 2.75) is 6.54 Å². The standard InChI is InChI=1S/C20H20F2N2O4/c1-27-19(25)15-4-2-14(3-5-15)13-24(18-7-6-16(21)12-17(18)22)20(26)23-8-10-28-11-9-23/h2-7,12H,8-11,13H2,1H3. The SMILES string of the molecule is COC(=O)c1ccc(CN(C(=O)N2CCOCC2)c2ccc(F)cc2F)cc1. The fourth-order valence-electron chi connectivity index (χ4n) is 2.93. The molecule has 0 aromatic heterocycles. The van der Waals surface area contributed by atoms with Gasteiger partial charge in [-0.2, -0.15) is 0 Å². The molecular weight excluding hydrogens is 370 g/mol. The van der Waals surface area contributed by atoms with Crippen LogP contribution in [0.4, 0.5) is 19.3 Å². The molecule has 1 aliphatic rings. The van der Waals surface area contributed by atoms with Crippen LogP contribution < -0.4 is 4.90 Å². The minimum atomic E-state index is -0.826. The van der Waals surface area contributed by atoms with E-state index in [4.69, 9.17) is 4.74 Å².